The summed E-state index contributed by atoms with van der Waals surface area (Å²) in [7, 11) is 0. The molecule has 11 rings (SSSR count). The summed E-state index contributed by atoms with van der Waals surface area (Å²) in [5, 5.41) is 7.68. The van der Waals surface area contributed by atoms with Crippen LogP contribution in [0.15, 0.2) is 224 Å². The van der Waals surface area contributed by atoms with Crippen LogP contribution in [0.4, 0.5) is 17.1 Å². The fourth-order valence-corrected chi connectivity index (χ4v) is 9.71. The van der Waals surface area contributed by atoms with E-state index in [2.05, 4.69) is 229 Å². The lowest BCUT2D eigenvalue weighted by molar-refractivity contribution is 1.28. The molecule has 11 aromatic rings. The Kier molecular flexibility index (Phi) is 8.42. The minimum Gasteiger partial charge on any atom is -0.310 e. The Labute approximate surface area is 342 Å². The highest BCUT2D eigenvalue weighted by molar-refractivity contribution is 7.25. The molecule has 0 saturated heterocycles. The molecule has 272 valence electrons. The van der Waals surface area contributed by atoms with Gasteiger partial charge in [0.05, 0.1) is 0 Å². The van der Waals surface area contributed by atoms with Gasteiger partial charge in [-0.15, -0.1) is 11.3 Å². The van der Waals surface area contributed by atoms with Crippen molar-refractivity contribution < 1.29 is 0 Å². The Bertz CT molecular complexity index is 3250. The fraction of sp³-hybridized carbons (Fsp3) is 0. The molecule has 0 atom stereocenters. The molecule has 1 nitrogen and oxygen atoms in total. The van der Waals surface area contributed by atoms with Crippen LogP contribution in [0.5, 0.6) is 0 Å². The predicted molar refractivity (Wildman–Crippen MR) is 251 cm³/mol. The van der Waals surface area contributed by atoms with Gasteiger partial charge >= 0.3 is 0 Å². The average molecular weight is 756 g/mol. The SMILES string of the molecule is c1cc(-c2cccc3ccccc23)cc(N(c2ccc(-c3ccc(-c4cccc5ccccc45)cc3)cc2)c2ccc(-c3ccc4c(c3)sc3ccccc34)cc2)c1. The van der Waals surface area contributed by atoms with Crippen LogP contribution in [-0.2, 0) is 0 Å². The third-order valence-electron chi connectivity index (χ3n) is 11.5. The average Bonchev–Trinajstić information content (AvgIpc) is 3.67. The normalized spacial score (nSPS) is 11.4. The van der Waals surface area contributed by atoms with Gasteiger partial charge in [0.2, 0.25) is 0 Å². The number of nitrogens with zero attached hydrogens (tertiary/aromatic N) is 1. The van der Waals surface area contributed by atoms with Gasteiger partial charge in [-0.25, -0.2) is 0 Å². The van der Waals surface area contributed by atoms with Crippen molar-refractivity contribution in [2.75, 3.05) is 4.90 Å². The highest BCUT2D eigenvalue weighted by Gasteiger charge is 2.16. The number of fused-ring (bicyclic) bond motifs is 5. The van der Waals surface area contributed by atoms with E-state index in [4.69, 9.17) is 0 Å². The van der Waals surface area contributed by atoms with Crippen molar-refractivity contribution in [3.8, 4) is 44.5 Å². The quantitative estimate of drug-likeness (QED) is 0.157. The summed E-state index contributed by atoms with van der Waals surface area (Å²) in [5.41, 5.74) is 13.0. The summed E-state index contributed by atoms with van der Waals surface area (Å²) < 4.78 is 2.65. The van der Waals surface area contributed by atoms with Crippen LogP contribution in [0.25, 0.3) is 86.2 Å². The van der Waals surface area contributed by atoms with Crippen molar-refractivity contribution in [1.29, 1.82) is 0 Å². The van der Waals surface area contributed by atoms with Crippen LogP contribution in [0.3, 0.4) is 0 Å². The molecule has 0 bridgehead atoms. The van der Waals surface area contributed by atoms with Crippen LogP contribution in [-0.4, -0.2) is 0 Å². The number of thiophene rings is 1. The summed E-state index contributed by atoms with van der Waals surface area (Å²) in [6, 6.07) is 81.9. The molecule has 0 radical (unpaired) electrons. The lowest BCUT2D eigenvalue weighted by atomic mass is 9.96. The number of anilines is 3. The monoisotopic (exact) mass is 755 g/mol. The lowest BCUT2D eigenvalue weighted by Gasteiger charge is -2.26. The van der Waals surface area contributed by atoms with E-state index in [0.717, 1.165) is 17.1 Å². The van der Waals surface area contributed by atoms with Crippen LogP contribution in [0.1, 0.15) is 0 Å². The Morgan fingerprint density at radius 1 is 0.259 bits per heavy atom. The van der Waals surface area contributed by atoms with Gasteiger partial charge in [0, 0.05) is 37.2 Å². The van der Waals surface area contributed by atoms with E-state index in [0.29, 0.717) is 0 Å². The largest absolute Gasteiger partial charge is 0.310 e. The number of benzene rings is 10. The fourth-order valence-electron chi connectivity index (χ4n) is 8.57. The highest BCUT2D eigenvalue weighted by Crippen LogP contribution is 2.41. The molecule has 58 heavy (non-hydrogen) atoms. The Hall–Kier alpha value is -7.26. The van der Waals surface area contributed by atoms with Crippen molar-refractivity contribution in [2.24, 2.45) is 0 Å². The van der Waals surface area contributed by atoms with E-state index in [9.17, 15) is 0 Å². The number of hydrogen-bond donors (Lipinski definition) is 0. The molecule has 0 N–H and O–H groups in total. The number of hydrogen-bond acceptors (Lipinski definition) is 2. The second-order valence-corrected chi connectivity index (χ2v) is 16.0. The first-order valence-electron chi connectivity index (χ1n) is 19.8. The molecule has 0 saturated carbocycles. The van der Waals surface area contributed by atoms with Crippen molar-refractivity contribution in [3.63, 3.8) is 0 Å². The first kappa shape index (κ1) is 34.0. The maximum Gasteiger partial charge on any atom is 0.0467 e. The van der Waals surface area contributed by atoms with Crippen molar-refractivity contribution in [2.45, 2.75) is 0 Å². The van der Waals surface area contributed by atoms with Gasteiger partial charge in [0.25, 0.3) is 0 Å². The first-order valence-corrected chi connectivity index (χ1v) is 20.6. The minimum absolute atomic E-state index is 1.10. The topological polar surface area (TPSA) is 3.24 Å². The van der Waals surface area contributed by atoms with E-state index in [-0.39, 0.29) is 0 Å². The zero-order chi connectivity index (χ0) is 38.4. The summed E-state index contributed by atoms with van der Waals surface area (Å²) in [5.74, 6) is 0. The van der Waals surface area contributed by atoms with Gasteiger partial charge < -0.3 is 4.90 Å². The molecule has 0 amide bonds. The molecule has 0 fully saturated rings. The molecule has 0 unspecified atom stereocenters. The zero-order valence-corrected chi connectivity index (χ0v) is 32.5. The maximum atomic E-state index is 2.38. The molecule has 1 aromatic heterocycles. The van der Waals surface area contributed by atoms with Crippen molar-refractivity contribution in [3.05, 3.63) is 224 Å². The van der Waals surface area contributed by atoms with E-state index < -0.39 is 0 Å². The third kappa shape index (κ3) is 6.12. The summed E-state index contributed by atoms with van der Waals surface area (Å²) in [6.45, 7) is 0. The van der Waals surface area contributed by atoms with E-state index in [1.807, 2.05) is 11.3 Å². The Balaban J connectivity index is 0.963. The standard InChI is InChI=1S/C56H37NS/c1-3-16-49-41(10-1)12-8-19-51(49)43-24-22-38(23-25-43)39-26-31-46(32-27-39)57(48-15-7-14-45(36-48)52-20-9-13-42-11-2-4-17-50(42)52)47-33-28-40(29-34-47)44-30-35-54-53-18-5-6-21-55(53)58-56(54)37-44/h1-37H. The Morgan fingerprint density at radius 2 is 0.724 bits per heavy atom. The predicted octanol–water partition coefficient (Wildman–Crippen LogP) is 16.5. The van der Waals surface area contributed by atoms with Gasteiger partial charge in [-0.2, -0.15) is 0 Å². The molecular weight excluding hydrogens is 719 g/mol. The highest BCUT2D eigenvalue weighted by atomic mass is 32.1. The molecule has 10 aromatic carbocycles. The van der Waals surface area contributed by atoms with Crippen LogP contribution >= 0.6 is 11.3 Å². The molecule has 2 heteroatoms. The van der Waals surface area contributed by atoms with Crippen LogP contribution in [0, 0.1) is 0 Å². The smallest absolute Gasteiger partial charge is 0.0467 e. The minimum atomic E-state index is 1.10. The first-order chi connectivity index (χ1) is 28.7. The van der Waals surface area contributed by atoms with Gasteiger partial charge in [0.1, 0.15) is 0 Å². The van der Waals surface area contributed by atoms with E-state index in [1.54, 1.807) is 0 Å². The van der Waals surface area contributed by atoms with Crippen LogP contribution < -0.4 is 4.90 Å². The van der Waals surface area contributed by atoms with Gasteiger partial charge in [0.15, 0.2) is 0 Å². The van der Waals surface area contributed by atoms with Crippen molar-refractivity contribution >= 4 is 70.1 Å². The Morgan fingerprint density at radius 3 is 1.38 bits per heavy atom. The van der Waals surface area contributed by atoms with E-state index in [1.165, 1.54) is 86.2 Å². The number of rotatable bonds is 7. The molecule has 0 aliphatic heterocycles. The molecule has 0 aliphatic carbocycles. The second-order valence-electron chi connectivity index (χ2n) is 14.9. The lowest BCUT2D eigenvalue weighted by Crippen LogP contribution is -2.10. The summed E-state index contributed by atoms with van der Waals surface area (Å²) >= 11 is 1.86. The van der Waals surface area contributed by atoms with Gasteiger partial charge in [-0.3, -0.25) is 0 Å². The summed E-state index contributed by atoms with van der Waals surface area (Å²) in [4.78, 5) is 2.38. The van der Waals surface area contributed by atoms with E-state index >= 15 is 0 Å². The molecule has 0 aliphatic rings. The third-order valence-corrected chi connectivity index (χ3v) is 12.6. The van der Waals surface area contributed by atoms with Crippen molar-refractivity contribution in [1.82, 2.24) is 0 Å². The summed E-state index contributed by atoms with van der Waals surface area (Å²) in [6.07, 6.45) is 0. The maximum absolute atomic E-state index is 2.38. The van der Waals surface area contributed by atoms with Crippen LogP contribution in [0.2, 0.25) is 0 Å². The van der Waals surface area contributed by atoms with Gasteiger partial charge in [-0.05, 0) is 115 Å². The molecule has 0 spiro atoms. The second kappa shape index (κ2) is 14.4. The van der Waals surface area contributed by atoms with Gasteiger partial charge in [-0.1, -0.05) is 176 Å². The zero-order valence-electron chi connectivity index (χ0n) is 31.7. The molecular formula is C56H37NS. The molecule has 1 heterocycles.